The Hall–Kier alpha value is -0.0400. The fourth-order valence-electron chi connectivity index (χ4n) is 3.68. The summed E-state index contributed by atoms with van der Waals surface area (Å²) in [6, 6.07) is 0.980. The largest absolute Gasteiger partial charge is 0.300 e. The van der Waals surface area contributed by atoms with Crippen LogP contribution in [0.5, 0.6) is 0 Å². The molecule has 4 fully saturated rings. The zero-order valence-corrected chi connectivity index (χ0v) is 9.58. The molecule has 2 saturated carbocycles. The molecule has 2 aliphatic heterocycles. The van der Waals surface area contributed by atoms with E-state index in [1.807, 2.05) is 0 Å². The van der Waals surface area contributed by atoms with Crippen molar-refractivity contribution >= 4 is 0 Å². The third-order valence-electron chi connectivity index (χ3n) is 4.93. The lowest BCUT2D eigenvalue weighted by molar-refractivity contribution is -0.0419. The van der Waals surface area contributed by atoms with Crippen molar-refractivity contribution in [2.45, 2.75) is 45.6 Å². The molecule has 0 aromatic rings. The smallest absolute Gasteiger partial charge is 0.0101 e. The Kier molecular flexibility index (Phi) is 2.12. The van der Waals surface area contributed by atoms with E-state index in [0.29, 0.717) is 0 Å². The third-order valence-corrected chi connectivity index (χ3v) is 4.93. The fourth-order valence-corrected chi connectivity index (χ4v) is 3.68. The van der Waals surface area contributed by atoms with Gasteiger partial charge in [-0.05, 0) is 49.4 Å². The summed E-state index contributed by atoms with van der Waals surface area (Å²) in [7, 11) is 0. The van der Waals surface area contributed by atoms with Gasteiger partial charge in [0.2, 0.25) is 0 Å². The molecule has 0 radical (unpaired) electrons. The second-order valence-electron chi connectivity index (χ2n) is 6.29. The molecule has 4 aliphatic rings. The molecule has 0 spiro atoms. The van der Waals surface area contributed by atoms with E-state index in [2.05, 4.69) is 18.7 Å². The van der Waals surface area contributed by atoms with Crippen LogP contribution in [0.25, 0.3) is 0 Å². The van der Waals surface area contributed by atoms with Gasteiger partial charge in [0, 0.05) is 19.1 Å². The Balaban J connectivity index is 1.50. The first-order valence-corrected chi connectivity index (χ1v) is 6.46. The van der Waals surface area contributed by atoms with Crippen LogP contribution in [-0.2, 0) is 0 Å². The molecule has 1 heteroatoms. The molecule has 0 amide bonds. The van der Waals surface area contributed by atoms with Crippen LogP contribution in [-0.4, -0.2) is 24.0 Å². The van der Waals surface area contributed by atoms with Gasteiger partial charge in [0.25, 0.3) is 0 Å². The monoisotopic (exact) mass is 193 g/mol. The molecule has 4 rings (SSSR count). The summed E-state index contributed by atoms with van der Waals surface area (Å²) in [5.74, 6) is 4.14. The number of hydrogen-bond acceptors (Lipinski definition) is 1. The quantitative estimate of drug-likeness (QED) is 0.652. The molecule has 2 saturated heterocycles. The minimum absolute atomic E-state index is 0.922. The molecule has 0 unspecified atom stereocenters. The zero-order valence-electron chi connectivity index (χ0n) is 9.58. The van der Waals surface area contributed by atoms with Gasteiger partial charge >= 0.3 is 0 Å². The van der Waals surface area contributed by atoms with Crippen LogP contribution < -0.4 is 0 Å². The molecular formula is C13H23N. The maximum atomic E-state index is 2.81. The number of fused-ring (bicyclic) bond motifs is 2. The maximum absolute atomic E-state index is 2.81. The summed E-state index contributed by atoms with van der Waals surface area (Å²) >= 11 is 0. The molecule has 80 valence electrons. The van der Waals surface area contributed by atoms with E-state index in [-0.39, 0.29) is 0 Å². The van der Waals surface area contributed by atoms with Gasteiger partial charge < -0.3 is 0 Å². The van der Waals surface area contributed by atoms with Gasteiger partial charge in [-0.3, -0.25) is 4.90 Å². The number of hydrogen-bond donors (Lipinski definition) is 0. The Bertz CT molecular complexity index is 201. The fraction of sp³-hybridized carbons (Fsp3) is 1.00. The van der Waals surface area contributed by atoms with E-state index < -0.39 is 0 Å². The van der Waals surface area contributed by atoms with Gasteiger partial charge in [0.15, 0.2) is 0 Å². The van der Waals surface area contributed by atoms with Crippen molar-refractivity contribution < 1.29 is 0 Å². The average Bonchev–Trinajstić information content (AvgIpc) is 1.99. The molecule has 2 bridgehead atoms. The van der Waals surface area contributed by atoms with Gasteiger partial charge in [-0.25, -0.2) is 0 Å². The van der Waals surface area contributed by atoms with E-state index in [4.69, 9.17) is 0 Å². The summed E-state index contributed by atoms with van der Waals surface area (Å²) in [5.41, 5.74) is 0. The van der Waals surface area contributed by atoms with Crippen LogP contribution in [0.3, 0.4) is 0 Å². The first-order chi connectivity index (χ1) is 6.72. The zero-order chi connectivity index (χ0) is 9.71. The van der Waals surface area contributed by atoms with Crippen LogP contribution in [0.1, 0.15) is 39.5 Å². The Morgan fingerprint density at radius 2 is 1.50 bits per heavy atom. The Labute approximate surface area is 87.9 Å². The van der Waals surface area contributed by atoms with Crippen LogP contribution in [0, 0.1) is 23.7 Å². The van der Waals surface area contributed by atoms with Gasteiger partial charge in [-0.1, -0.05) is 13.8 Å². The lowest BCUT2D eigenvalue weighted by atomic mass is 9.67. The highest BCUT2D eigenvalue weighted by atomic mass is 15.2. The van der Waals surface area contributed by atoms with Crippen molar-refractivity contribution in [1.29, 1.82) is 0 Å². The molecule has 0 aromatic carbocycles. The molecule has 0 N–H and O–H groups in total. The predicted molar refractivity (Wildman–Crippen MR) is 59.1 cm³/mol. The summed E-state index contributed by atoms with van der Waals surface area (Å²) in [5, 5.41) is 0. The predicted octanol–water partition coefficient (Wildman–Crippen LogP) is 2.76. The second-order valence-corrected chi connectivity index (χ2v) is 6.29. The number of rotatable bonds is 2. The van der Waals surface area contributed by atoms with Gasteiger partial charge in [-0.15, -0.1) is 0 Å². The average molecular weight is 193 g/mol. The summed E-state index contributed by atoms with van der Waals surface area (Å²) in [6.45, 7) is 7.64. The Morgan fingerprint density at radius 1 is 0.929 bits per heavy atom. The third kappa shape index (κ3) is 1.41. The highest BCUT2D eigenvalue weighted by molar-refractivity contribution is 4.96. The molecular weight excluding hydrogens is 170 g/mol. The number of nitrogens with zero attached hydrogens (tertiary/aromatic N) is 1. The molecule has 0 aromatic heterocycles. The summed E-state index contributed by atoms with van der Waals surface area (Å²) < 4.78 is 0. The molecule has 2 heterocycles. The van der Waals surface area contributed by atoms with Crippen molar-refractivity contribution in [2.24, 2.45) is 23.7 Å². The summed E-state index contributed by atoms with van der Waals surface area (Å²) in [6.07, 6.45) is 6.10. The highest BCUT2D eigenvalue weighted by Gasteiger charge is 2.43. The van der Waals surface area contributed by atoms with Gasteiger partial charge in [0.05, 0.1) is 0 Å². The standard InChI is InChI=1S/C13H23N/c1-9(2)12-5-13(6-12)14-7-10-3-11(4-10)8-14/h9-13H,3-8H2,1-2H3. The highest BCUT2D eigenvalue weighted by Crippen LogP contribution is 2.44. The van der Waals surface area contributed by atoms with E-state index >= 15 is 0 Å². The van der Waals surface area contributed by atoms with Gasteiger partial charge in [-0.2, -0.15) is 0 Å². The molecule has 0 atom stereocenters. The minimum Gasteiger partial charge on any atom is -0.300 e. The summed E-state index contributed by atoms with van der Waals surface area (Å²) in [4.78, 5) is 2.81. The number of piperidine rings is 2. The molecule has 1 nitrogen and oxygen atoms in total. The maximum Gasteiger partial charge on any atom is 0.0101 e. The van der Waals surface area contributed by atoms with Crippen molar-refractivity contribution in [3.05, 3.63) is 0 Å². The van der Waals surface area contributed by atoms with Gasteiger partial charge in [0.1, 0.15) is 0 Å². The van der Waals surface area contributed by atoms with Crippen molar-refractivity contribution in [1.82, 2.24) is 4.90 Å². The minimum atomic E-state index is 0.922. The van der Waals surface area contributed by atoms with Crippen LogP contribution in [0.4, 0.5) is 0 Å². The van der Waals surface area contributed by atoms with Crippen molar-refractivity contribution in [3.63, 3.8) is 0 Å². The first-order valence-electron chi connectivity index (χ1n) is 6.46. The molecule has 2 aliphatic carbocycles. The normalized spacial score (nSPS) is 47.4. The Morgan fingerprint density at radius 3 is 2.00 bits per heavy atom. The van der Waals surface area contributed by atoms with Crippen LogP contribution in [0.15, 0.2) is 0 Å². The van der Waals surface area contributed by atoms with Crippen molar-refractivity contribution in [3.8, 4) is 0 Å². The lowest BCUT2D eigenvalue weighted by Crippen LogP contribution is -2.56. The molecule has 14 heavy (non-hydrogen) atoms. The first kappa shape index (κ1) is 9.21. The topological polar surface area (TPSA) is 3.24 Å². The lowest BCUT2D eigenvalue weighted by Gasteiger charge is -2.54. The SMILES string of the molecule is CC(C)C1CC(N2CC3CC(C3)C2)C1. The van der Waals surface area contributed by atoms with E-state index in [9.17, 15) is 0 Å². The van der Waals surface area contributed by atoms with Crippen LogP contribution in [0.2, 0.25) is 0 Å². The van der Waals surface area contributed by atoms with Crippen molar-refractivity contribution in [2.75, 3.05) is 13.1 Å². The van der Waals surface area contributed by atoms with E-state index in [1.54, 1.807) is 12.8 Å². The van der Waals surface area contributed by atoms with Crippen LogP contribution >= 0.6 is 0 Å². The van der Waals surface area contributed by atoms with E-state index in [1.165, 1.54) is 25.9 Å². The second kappa shape index (κ2) is 3.23. The van der Waals surface area contributed by atoms with E-state index in [0.717, 1.165) is 29.7 Å².